The maximum absolute atomic E-state index is 12.6. The lowest BCUT2D eigenvalue weighted by Gasteiger charge is -2.29. The van der Waals surface area contributed by atoms with Crippen molar-refractivity contribution in [2.24, 2.45) is 5.41 Å². The largest absolute Gasteiger partial charge is 0.472 e. The van der Waals surface area contributed by atoms with E-state index >= 15 is 0 Å². The lowest BCUT2D eigenvalue weighted by Crippen LogP contribution is -2.37. The molecule has 0 spiro atoms. The average molecular weight is 763 g/mol. The standard InChI is InChI=1S/C42H84NO8P/c1-7-9-11-13-15-17-19-21-23-25-27-29-31-33-40(44)48-37-42(3,39-51-52(46,47)50-36-35-43(4,5)6)38-49-41(45)34-32-30-28-26-24-22-20-18-16-14-12-10-8-2/h7-39H2,1-6H3/p+1. The SMILES string of the molecule is CCCCCCCCCCCCCCCC(=O)OCC(C)(COC(=O)CCCCCCCCCCCCCCC)COP(=O)(O)OCC[N+](C)(C)C. The van der Waals surface area contributed by atoms with Crippen LogP contribution in [0.5, 0.6) is 0 Å². The number of quaternary nitrogens is 1. The highest BCUT2D eigenvalue weighted by Crippen LogP contribution is 2.44. The van der Waals surface area contributed by atoms with Crippen molar-refractivity contribution in [2.75, 3.05) is 54.1 Å². The first-order chi connectivity index (χ1) is 24.8. The van der Waals surface area contributed by atoms with E-state index in [0.717, 1.165) is 38.5 Å². The Morgan fingerprint density at radius 3 is 1.13 bits per heavy atom. The Hall–Kier alpha value is -0.990. The first-order valence-electron chi connectivity index (χ1n) is 21.6. The summed E-state index contributed by atoms with van der Waals surface area (Å²) >= 11 is 0. The van der Waals surface area contributed by atoms with Crippen LogP contribution in [0, 0.1) is 5.41 Å². The van der Waals surface area contributed by atoms with E-state index in [1.165, 1.54) is 128 Å². The van der Waals surface area contributed by atoms with Gasteiger partial charge < -0.3 is 18.9 Å². The molecule has 0 bridgehead atoms. The van der Waals surface area contributed by atoms with Gasteiger partial charge in [0, 0.05) is 12.8 Å². The minimum Gasteiger partial charge on any atom is -0.465 e. The molecule has 0 heterocycles. The van der Waals surface area contributed by atoms with Crippen LogP contribution in [0.25, 0.3) is 0 Å². The number of carbonyl (C=O) groups is 2. The highest BCUT2D eigenvalue weighted by Gasteiger charge is 2.34. The maximum Gasteiger partial charge on any atom is 0.472 e. The first kappa shape index (κ1) is 51.0. The molecule has 0 aliphatic heterocycles. The van der Waals surface area contributed by atoms with Crippen LogP contribution in [0.3, 0.4) is 0 Å². The van der Waals surface area contributed by atoms with Gasteiger partial charge in [-0.25, -0.2) is 4.57 Å². The molecule has 9 nitrogen and oxygen atoms in total. The summed E-state index contributed by atoms with van der Waals surface area (Å²) in [6, 6.07) is 0. The molecule has 0 saturated heterocycles. The molecule has 0 aromatic carbocycles. The van der Waals surface area contributed by atoms with E-state index in [2.05, 4.69) is 13.8 Å². The zero-order chi connectivity index (χ0) is 38.8. The van der Waals surface area contributed by atoms with E-state index in [1.54, 1.807) is 6.92 Å². The van der Waals surface area contributed by atoms with Crippen molar-refractivity contribution in [1.29, 1.82) is 0 Å². The average Bonchev–Trinajstić information content (AvgIpc) is 3.09. The summed E-state index contributed by atoms with van der Waals surface area (Å²) in [6.07, 6.45) is 32.7. The number of carbonyl (C=O) groups excluding carboxylic acids is 2. The van der Waals surface area contributed by atoms with Gasteiger partial charge in [-0.15, -0.1) is 0 Å². The van der Waals surface area contributed by atoms with Crippen LogP contribution in [0.2, 0.25) is 0 Å². The number of phosphoric ester groups is 1. The molecule has 310 valence electrons. The van der Waals surface area contributed by atoms with Gasteiger partial charge in [0.2, 0.25) is 0 Å². The second kappa shape index (κ2) is 33.4. The number of phosphoric acid groups is 1. The third-order valence-electron chi connectivity index (χ3n) is 9.72. The molecule has 0 amide bonds. The number of rotatable bonds is 39. The number of esters is 2. The van der Waals surface area contributed by atoms with Crippen molar-refractivity contribution in [3.8, 4) is 0 Å². The zero-order valence-corrected chi connectivity index (χ0v) is 35.9. The van der Waals surface area contributed by atoms with Crippen LogP contribution in [0.15, 0.2) is 0 Å². The fraction of sp³-hybridized carbons (Fsp3) is 0.952. The minimum atomic E-state index is -4.35. The highest BCUT2D eigenvalue weighted by molar-refractivity contribution is 7.47. The van der Waals surface area contributed by atoms with Gasteiger partial charge >= 0.3 is 19.8 Å². The van der Waals surface area contributed by atoms with Gasteiger partial charge in [0.1, 0.15) is 26.4 Å². The summed E-state index contributed by atoms with van der Waals surface area (Å²) in [5.74, 6) is -0.641. The first-order valence-corrected chi connectivity index (χ1v) is 23.1. The number of likely N-dealkylation sites (N-methyl/N-ethyl adjacent to an activating group) is 1. The third-order valence-corrected chi connectivity index (χ3v) is 10.7. The van der Waals surface area contributed by atoms with E-state index in [9.17, 15) is 19.0 Å². The second-order valence-corrected chi connectivity index (χ2v) is 18.2. The number of ether oxygens (including phenoxy) is 2. The molecule has 0 radical (unpaired) electrons. The molecule has 10 heteroatoms. The van der Waals surface area contributed by atoms with Crippen LogP contribution >= 0.6 is 7.82 Å². The van der Waals surface area contributed by atoms with Crippen molar-refractivity contribution in [1.82, 2.24) is 0 Å². The molecule has 0 aliphatic rings. The molecule has 1 unspecified atom stereocenters. The molecule has 1 atom stereocenters. The van der Waals surface area contributed by atoms with Gasteiger partial charge in [-0.2, -0.15) is 0 Å². The third kappa shape index (κ3) is 36.0. The molecule has 0 aromatic heterocycles. The summed E-state index contributed by atoms with van der Waals surface area (Å²) in [5, 5.41) is 0. The molecule has 1 N–H and O–H groups in total. The fourth-order valence-corrected chi connectivity index (χ4v) is 6.92. The van der Waals surface area contributed by atoms with Gasteiger partial charge in [-0.1, -0.05) is 175 Å². The Balaban J connectivity index is 4.49. The zero-order valence-electron chi connectivity index (χ0n) is 35.0. The van der Waals surface area contributed by atoms with E-state index in [-0.39, 0.29) is 38.4 Å². The second-order valence-electron chi connectivity index (χ2n) is 16.7. The minimum absolute atomic E-state index is 0.0518. The summed E-state index contributed by atoms with van der Waals surface area (Å²) < 4.78 is 34.9. The lowest BCUT2D eigenvalue weighted by molar-refractivity contribution is -0.870. The number of nitrogens with zero attached hydrogens (tertiary/aromatic N) is 1. The molecule has 0 rings (SSSR count). The number of hydrogen-bond donors (Lipinski definition) is 1. The fourth-order valence-electron chi connectivity index (χ4n) is 6.06. The lowest BCUT2D eigenvalue weighted by atomic mass is 9.94. The molecule has 52 heavy (non-hydrogen) atoms. The number of unbranched alkanes of at least 4 members (excludes halogenated alkanes) is 24. The summed E-state index contributed by atoms with van der Waals surface area (Å²) in [4.78, 5) is 35.5. The van der Waals surface area contributed by atoms with Crippen molar-refractivity contribution >= 4 is 19.8 Å². The number of hydrogen-bond acceptors (Lipinski definition) is 7. The van der Waals surface area contributed by atoms with E-state index in [1.807, 2.05) is 21.1 Å². The highest BCUT2D eigenvalue weighted by atomic mass is 31.2. The van der Waals surface area contributed by atoms with Crippen LogP contribution in [-0.2, 0) is 32.7 Å². The Morgan fingerprint density at radius 1 is 0.519 bits per heavy atom. The normalized spacial score (nSPS) is 13.3. The quantitative estimate of drug-likeness (QED) is 0.0285. The molecular formula is C42H85NO8P+. The van der Waals surface area contributed by atoms with Crippen LogP contribution in [0.1, 0.15) is 201 Å². The van der Waals surface area contributed by atoms with Gasteiger partial charge in [-0.3, -0.25) is 18.6 Å². The molecule has 0 aromatic rings. The Labute approximate surface area is 321 Å². The van der Waals surface area contributed by atoms with Crippen LogP contribution in [-0.4, -0.2) is 75.4 Å². The molecule has 0 saturated carbocycles. The van der Waals surface area contributed by atoms with Gasteiger partial charge in [-0.05, 0) is 12.8 Å². The summed E-state index contributed by atoms with van der Waals surface area (Å²) in [7, 11) is 1.53. The maximum atomic E-state index is 12.6. The van der Waals surface area contributed by atoms with Gasteiger partial charge in [0.05, 0.1) is 33.2 Å². The predicted octanol–water partition coefficient (Wildman–Crippen LogP) is 11.9. The van der Waals surface area contributed by atoms with Gasteiger partial charge in [0.25, 0.3) is 0 Å². The van der Waals surface area contributed by atoms with E-state index in [0.29, 0.717) is 23.9 Å². The Morgan fingerprint density at radius 2 is 0.827 bits per heavy atom. The summed E-state index contributed by atoms with van der Waals surface area (Å²) in [5.41, 5.74) is -1.00. The van der Waals surface area contributed by atoms with Gasteiger partial charge in [0.15, 0.2) is 0 Å². The molecular weight excluding hydrogens is 677 g/mol. The van der Waals surface area contributed by atoms with Crippen LogP contribution < -0.4 is 0 Å². The van der Waals surface area contributed by atoms with E-state index in [4.69, 9.17) is 18.5 Å². The van der Waals surface area contributed by atoms with E-state index < -0.39 is 13.2 Å². The summed E-state index contributed by atoms with van der Waals surface area (Å²) in [6.45, 7) is 6.38. The molecule has 0 aliphatic carbocycles. The predicted molar refractivity (Wildman–Crippen MR) is 215 cm³/mol. The van der Waals surface area contributed by atoms with Crippen molar-refractivity contribution in [3.05, 3.63) is 0 Å². The smallest absolute Gasteiger partial charge is 0.465 e. The Kier molecular flexibility index (Phi) is 32.7. The topological polar surface area (TPSA) is 108 Å². The molecule has 0 fully saturated rings. The van der Waals surface area contributed by atoms with Crippen molar-refractivity contribution in [3.63, 3.8) is 0 Å². The monoisotopic (exact) mass is 763 g/mol. The van der Waals surface area contributed by atoms with Crippen molar-refractivity contribution < 1.29 is 42.1 Å². The van der Waals surface area contributed by atoms with Crippen LogP contribution in [0.4, 0.5) is 0 Å². The van der Waals surface area contributed by atoms with Crippen molar-refractivity contribution in [2.45, 2.75) is 201 Å². The Bertz CT molecular complexity index is 848.